The van der Waals surface area contributed by atoms with Gasteiger partial charge in [-0.1, -0.05) is 6.92 Å². The van der Waals surface area contributed by atoms with Crippen LogP contribution in [0.3, 0.4) is 0 Å². The van der Waals surface area contributed by atoms with Crippen LogP contribution in [0.25, 0.3) is 0 Å². The third-order valence-electron chi connectivity index (χ3n) is 3.93. The molecule has 0 radical (unpaired) electrons. The average Bonchev–Trinajstić information content (AvgIpc) is 2.62. The van der Waals surface area contributed by atoms with Crippen molar-refractivity contribution < 1.29 is 17.9 Å². The fourth-order valence-electron chi connectivity index (χ4n) is 3.14. The fraction of sp³-hybridized carbons (Fsp3) is 0.929. The van der Waals surface area contributed by atoms with E-state index in [-0.39, 0.29) is 23.6 Å². The summed E-state index contributed by atoms with van der Waals surface area (Å²) in [6, 6.07) is -0.360. The largest absolute Gasteiger partial charge is 0.444 e. The number of amides is 1. The molecule has 0 saturated carbocycles. The summed E-state index contributed by atoms with van der Waals surface area (Å²) in [7, 11) is -3.08. The molecule has 2 atom stereocenters. The predicted octanol–water partition coefficient (Wildman–Crippen LogP) is 1.11. The Hall–Kier alpha value is -0.820. The van der Waals surface area contributed by atoms with Gasteiger partial charge in [0.05, 0.1) is 17.5 Å². The molecular weight excluding hydrogens is 292 g/mol. The van der Waals surface area contributed by atoms with Gasteiger partial charge in [0.25, 0.3) is 0 Å². The first-order chi connectivity index (χ1) is 9.63. The van der Waals surface area contributed by atoms with Crippen LogP contribution in [-0.4, -0.2) is 73.1 Å². The quantitative estimate of drug-likeness (QED) is 0.763. The summed E-state index contributed by atoms with van der Waals surface area (Å²) in [5, 5.41) is 0. The standard InChI is InChI=1S/C14H26N2O4S/c1-5-6-15-7-8-16(13(17)20-14(2,3)4)12-10-21(18,19)9-11(12)15/h11-12H,5-10H2,1-4H3/t11-,12-/m0/s1. The van der Waals surface area contributed by atoms with Crippen LogP contribution in [0.5, 0.6) is 0 Å². The van der Waals surface area contributed by atoms with Crippen LogP contribution in [0.4, 0.5) is 4.79 Å². The number of carbonyl (C=O) groups excluding carboxylic acids is 1. The van der Waals surface area contributed by atoms with Crippen LogP contribution >= 0.6 is 0 Å². The van der Waals surface area contributed by atoms with E-state index in [1.807, 2.05) is 20.8 Å². The van der Waals surface area contributed by atoms with Gasteiger partial charge in [-0.3, -0.25) is 4.90 Å². The molecule has 0 aromatic rings. The highest BCUT2D eigenvalue weighted by atomic mass is 32.2. The highest BCUT2D eigenvalue weighted by Gasteiger charge is 2.48. The number of piperazine rings is 1. The normalized spacial score (nSPS) is 29.2. The molecule has 2 fully saturated rings. The van der Waals surface area contributed by atoms with Crippen molar-refractivity contribution in [1.82, 2.24) is 9.80 Å². The number of ether oxygens (including phenoxy) is 1. The summed E-state index contributed by atoms with van der Waals surface area (Å²) in [5.74, 6) is 0.202. The third kappa shape index (κ3) is 3.88. The van der Waals surface area contributed by atoms with Gasteiger partial charge in [-0.2, -0.15) is 0 Å². The molecule has 2 aliphatic rings. The molecule has 7 heteroatoms. The highest BCUT2D eigenvalue weighted by Crippen LogP contribution is 2.28. The lowest BCUT2D eigenvalue weighted by Gasteiger charge is -2.43. The smallest absolute Gasteiger partial charge is 0.410 e. The molecule has 0 aromatic heterocycles. The number of carbonyl (C=O) groups is 1. The Morgan fingerprint density at radius 3 is 2.38 bits per heavy atom. The van der Waals surface area contributed by atoms with Gasteiger partial charge in [-0.25, -0.2) is 13.2 Å². The first-order valence-corrected chi connectivity index (χ1v) is 9.39. The zero-order chi connectivity index (χ0) is 15.8. The monoisotopic (exact) mass is 318 g/mol. The Labute approximate surface area is 127 Å². The van der Waals surface area contributed by atoms with Crippen molar-refractivity contribution in [2.45, 2.75) is 51.8 Å². The molecule has 0 spiro atoms. The molecule has 21 heavy (non-hydrogen) atoms. The topological polar surface area (TPSA) is 66.9 Å². The van der Waals surface area contributed by atoms with Gasteiger partial charge in [0.2, 0.25) is 0 Å². The Morgan fingerprint density at radius 2 is 1.81 bits per heavy atom. The maximum absolute atomic E-state index is 12.3. The van der Waals surface area contributed by atoms with Crippen molar-refractivity contribution in [2.75, 3.05) is 31.1 Å². The Kier molecular flexibility index (Phi) is 4.54. The lowest BCUT2D eigenvalue weighted by atomic mass is 10.1. The summed E-state index contributed by atoms with van der Waals surface area (Å²) in [5.41, 5.74) is -0.565. The van der Waals surface area contributed by atoms with Gasteiger partial charge in [0.1, 0.15) is 5.60 Å². The summed E-state index contributed by atoms with van der Waals surface area (Å²) >= 11 is 0. The predicted molar refractivity (Wildman–Crippen MR) is 81.0 cm³/mol. The molecule has 0 unspecified atom stereocenters. The Balaban J connectivity index is 2.17. The molecule has 2 saturated heterocycles. The van der Waals surface area contributed by atoms with Crippen molar-refractivity contribution in [3.05, 3.63) is 0 Å². The van der Waals surface area contributed by atoms with Crippen molar-refractivity contribution in [3.8, 4) is 0 Å². The van der Waals surface area contributed by atoms with Crippen LogP contribution in [-0.2, 0) is 14.6 Å². The van der Waals surface area contributed by atoms with Gasteiger partial charge < -0.3 is 9.64 Å². The fourth-order valence-corrected chi connectivity index (χ4v) is 5.15. The minimum Gasteiger partial charge on any atom is -0.444 e. The van der Waals surface area contributed by atoms with Crippen molar-refractivity contribution >= 4 is 15.9 Å². The van der Waals surface area contributed by atoms with Crippen LogP contribution in [0.1, 0.15) is 34.1 Å². The molecule has 1 amide bonds. The molecule has 2 aliphatic heterocycles. The molecule has 6 nitrogen and oxygen atoms in total. The molecule has 0 bridgehead atoms. The van der Waals surface area contributed by atoms with Gasteiger partial charge in [0.15, 0.2) is 9.84 Å². The number of sulfone groups is 1. The van der Waals surface area contributed by atoms with Crippen LogP contribution in [0.2, 0.25) is 0 Å². The van der Waals surface area contributed by atoms with E-state index in [4.69, 9.17) is 4.74 Å². The summed E-state index contributed by atoms with van der Waals surface area (Å²) in [6.45, 7) is 9.66. The molecule has 0 aromatic carbocycles. The van der Waals surface area contributed by atoms with Crippen LogP contribution in [0, 0.1) is 0 Å². The van der Waals surface area contributed by atoms with E-state index in [2.05, 4.69) is 11.8 Å². The Morgan fingerprint density at radius 1 is 1.19 bits per heavy atom. The van der Waals surface area contributed by atoms with E-state index in [1.54, 1.807) is 4.90 Å². The first kappa shape index (κ1) is 16.5. The van der Waals surface area contributed by atoms with Crippen molar-refractivity contribution in [2.24, 2.45) is 0 Å². The third-order valence-corrected chi connectivity index (χ3v) is 5.63. The molecule has 0 aliphatic carbocycles. The van der Waals surface area contributed by atoms with E-state index >= 15 is 0 Å². The minimum atomic E-state index is -3.08. The zero-order valence-electron chi connectivity index (χ0n) is 13.3. The second-order valence-electron chi connectivity index (χ2n) is 6.92. The minimum absolute atomic E-state index is 0.0527. The number of rotatable bonds is 2. The first-order valence-electron chi connectivity index (χ1n) is 7.57. The number of hydrogen-bond acceptors (Lipinski definition) is 5. The molecule has 2 rings (SSSR count). The molecule has 0 N–H and O–H groups in total. The maximum atomic E-state index is 12.3. The average molecular weight is 318 g/mol. The SMILES string of the molecule is CCCN1CCN(C(=O)OC(C)(C)C)[C@H]2CS(=O)(=O)C[C@@H]21. The van der Waals surface area contributed by atoms with Crippen molar-refractivity contribution in [3.63, 3.8) is 0 Å². The molecular formula is C14H26N2O4S. The van der Waals surface area contributed by atoms with Gasteiger partial charge in [-0.15, -0.1) is 0 Å². The van der Waals surface area contributed by atoms with Gasteiger partial charge in [0, 0.05) is 19.1 Å². The second kappa shape index (κ2) is 5.76. The molecule has 2 heterocycles. The maximum Gasteiger partial charge on any atom is 0.410 e. The Bertz CT molecular complexity index is 498. The summed E-state index contributed by atoms with van der Waals surface area (Å²) in [6.07, 6.45) is 0.584. The van der Waals surface area contributed by atoms with E-state index in [9.17, 15) is 13.2 Å². The van der Waals surface area contributed by atoms with Crippen LogP contribution in [0.15, 0.2) is 0 Å². The number of nitrogens with zero attached hydrogens (tertiary/aromatic N) is 2. The van der Waals surface area contributed by atoms with E-state index in [0.717, 1.165) is 13.0 Å². The highest BCUT2D eigenvalue weighted by molar-refractivity contribution is 7.91. The van der Waals surface area contributed by atoms with Gasteiger partial charge >= 0.3 is 6.09 Å². The molecule has 122 valence electrons. The van der Waals surface area contributed by atoms with Crippen molar-refractivity contribution in [1.29, 1.82) is 0 Å². The zero-order valence-corrected chi connectivity index (χ0v) is 14.1. The van der Waals surface area contributed by atoms with E-state index in [1.165, 1.54) is 0 Å². The van der Waals surface area contributed by atoms with E-state index < -0.39 is 21.5 Å². The second-order valence-corrected chi connectivity index (χ2v) is 9.08. The summed E-state index contributed by atoms with van der Waals surface area (Å²) in [4.78, 5) is 16.1. The lowest BCUT2D eigenvalue weighted by Crippen LogP contribution is -2.61. The van der Waals surface area contributed by atoms with E-state index in [0.29, 0.717) is 13.1 Å². The van der Waals surface area contributed by atoms with Crippen LogP contribution < -0.4 is 0 Å². The number of hydrogen-bond donors (Lipinski definition) is 0. The lowest BCUT2D eigenvalue weighted by molar-refractivity contribution is -0.00886. The number of fused-ring (bicyclic) bond motifs is 1. The van der Waals surface area contributed by atoms with Gasteiger partial charge in [-0.05, 0) is 33.7 Å². The summed E-state index contributed by atoms with van der Waals surface area (Å²) < 4.78 is 29.4.